The number of hydrogen-bond donors (Lipinski definition) is 3. The minimum Gasteiger partial charge on any atom is -0.382 e. The SMILES string of the molecule is Cn1nc(Br)cc1C1(O)COC1.Cn1nc(N)cc1C1(O)COC1. The van der Waals surface area contributed by atoms with Gasteiger partial charge in [0.25, 0.3) is 0 Å². The van der Waals surface area contributed by atoms with Gasteiger partial charge in [-0.2, -0.15) is 10.2 Å². The summed E-state index contributed by atoms with van der Waals surface area (Å²) in [4.78, 5) is 0. The lowest BCUT2D eigenvalue weighted by Crippen LogP contribution is -2.47. The maximum absolute atomic E-state index is 9.87. The Kier molecular flexibility index (Phi) is 4.43. The highest BCUT2D eigenvalue weighted by atomic mass is 79.9. The monoisotopic (exact) mass is 401 g/mol. The fourth-order valence-electron chi connectivity index (χ4n) is 2.68. The van der Waals surface area contributed by atoms with Crippen LogP contribution in [0.1, 0.15) is 11.4 Å². The molecule has 2 aromatic rings. The van der Waals surface area contributed by atoms with Crippen LogP contribution in [0.15, 0.2) is 16.7 Å². The first-order valence-corrected chi connectivity index (χ1v) is 8.13. The van der Waals surface area contributed by atoms with Crippen LogP contribution in [0, 0.1) is 0 Å². The lowest BCUT2D eigenvalue weighted by atomic mass is 9.98. The average Bonchev–Trinajstić information content (AvgIpc) is 2.96. The normalized spacial score (nSPS) is 20.5. The van der Waals surface area contributed by atoms with Gasteiger partial charge in [0.2, 0.25) is 0 Å². The summed E-state index contributed by atoms with van der Waals surface area (Å²) in [7, 11) is 3.55. The van der Waals surface area contributed by atoms with Crippen molar-refractivity contribution < 1.29 is 19.7 Å². The molecule has 0 aromatic carbocycles. The molecular weight excluding hydrogens is 382 g/mol. The van der Waals surface area contributed by atoms with E-state index in [1.165, 1.54) is 0 Å². The molecule has 2 saturated heterocycles. The average molecular weight is 402 g/mol. The second-order valence-electron chi connectivity index (χ2n) is 6.10. The van der Waals surface area contributed by atoms with Gasteiger partial charge in [0, 0.05) is 20.2 Å². The van der Waals surface area contributed by atoms with E-state index in [9.17, 15) is 10.2 Å². The molecule has 2 aromatic heterocycles. The number of aryl methyl sites for hydroxylation is 2. The van der Waals surface area contributed by atoms with Crippen LogP contribution in [0.2, 0.25) is 0 Å². The third kappa shape index (κ3) is 3.07. The molecule has 4 rings (SSSR count). The molecule has 0 spiro atoms. The Morgan fingerprint density at radius 2 is 1.46 bits per heavy atom. The number of nitrogens with two attached hydrogens (primary N) is 1. The predicted octanol–water partition coefficient (Wildman–Crippen LogP) is -0.380. The van der Waals surface area contributed by atoms with Gasteiger partial charge in [-0.1, -0.05) is 0 Å². The van der Waals surface area contributed by atoms with Crippen LogP contribution < -0.4 is 5.73 Å². The third-order valence-electron chi connectivity index (χ3n) is 4.07. The fraction of sp³-hybridized carbons (Fsp3) is 0.571. The van der Waals surface area contributed by atoms with Gasteiger partial charge >= 0.3 is 0 Å². The first-order valence-electron chi connectivity index (χ1n) is 7.34. The van der Waals surface area contributed by atoms with Crippen LogP contribution in [0.5, 0.6) is 0 Å². The van der Waals surface area contributed by atoms with Crippen molar-refractivity contribution in [1.82, 2.24) is 19.6 Å². The van der Waals surface area contributed by atoms with Crippen molar-refractivity contribution in [3.05, 3.63) is 28.1 Å². The Morgan fingerprint density at radius 1 is 1.00 bits per heavy atom. The van der Waals surface area contributed by atoms with E-state index in [4.69, 9.17) is 15.2 Å². The van der Waals surface area contributed by atoms with Crippen LogP contribution in [-0.2, 0) is 34.8 Å². The van der Waals surface area contributed by atoms with E-state index in [-0.39, 0.29) is 0 Å². The zero-order valence-corrected chi connectivity index (χ0v) is 15.0. The Bertz CT molecular complexity index is 673. The van der Waals surface area contributed by atoms with Crippen molar-refractivity contribution in [3.8, 4) is 0 Å². The molecule has 0 bridgehead atoms. The van der Waals surface area contributed by atoms with E-state index in [0.717, 1.165) is 10.3 Å². The minimum absolute atomic E-state index is 0.325. The molecule has 2 fully saturated rings. The molecule has 10 heteroatoms. The van der Waals surface area contributed by atoms with Crippen LogP contribution in [0.3, 0.4) is 0 Å². The highest BCUT2D eigenvalue weighted by Crippen LogP contribution is 2.30. The molecule has 0 saturated carbocycles. The second-order valence-corrected chi connectivity index (χ2v) is 6.92. The number of nitrogen functional groups attached to an aromatic ring is 1. The van der Waals surface area contributed by atoms with Gasteiger partial charge in [0.15, 0.2) is 11.2 Å². The van der Waals surface area contributed by atoms with Crippen molar-refractivity contribution in [2.45, 2.75) is 11.2 Å². The van der Waals surface area contributed by atoms with E-state index in [0.29, 0.717) is 37.9 Å². The van der Waals surface area contributed by atoms with Gasteiger partial charge < -0.3 is 25.4 Å². The van der Waals surface area contributed by atoms with Crippen molar-refractivity contribution in [2.75, 3.05) is 32.2 Å². The summed E-state index contributed by atoms with van der Waals surface area (Å²) < 4.78 is 13.9. The summed E-state index contributed by atoms with van der Waals surface area (Å²) in [5, 5.41) is 27.7. The maximum Gasteiger partial charge on any atom is 0.152 e. The van der Waals surface area contributed by atoms with Crippen molar-refractivity contribution in [3.63, 3.8) is 0 Å². The molecule has 0 aliphatic carbocycles. The Labute approximate surface area is 147 Å². The van der Waals surface area contributed by atoms with Crippen molar-refractivity contribution in [2.24, 2.45) is 14.1 Å². The van der Waals surface area contributed by atoms with Gasteiger partial charge in [-0.3, -0.25) is 9.36 Å². The quantitative estimate of drug-likeness (QED) is 0.626. The van der Waals surface area contributed by atoms with Gasteiger partial charge in [-0.25, -0.2) is 0 Å². The molecule has 4 N–H and O–H groups in total. The predicted molar refractivity (Wildman–Crippen MR) is 88.0 cm³/mol. The van der Waals surface area contributed by atoms with Crippen LogP contribution in [-0.4, -0.2) is 56.2 Å². The summed E-state index contributed by atoms with van der Waals surface area (Å²) in [5.41, 5.74) is 5.28. The molecule has 0 amide bonds. The van der Waals surface area contributed by atoms with Crippen LogP contribution in [0.25, 0.3) is 0 Å². The van der Waals surface area contributed by atoms with E-state index in [1.54, 1.807) is 29.5 Å². The zero-order valence-electron chi connectivity index (χ0n) is 13.4. The molecule has 0 radical (unpaired) electrons. The smallest absolute Gasteiger partial charge is 0.152 e. The van der Waals surface area contributed by atoms with E-state index >= 15 is 0 Å². The summed E-state index contributed by atoms with van der Waals surface area (Å²) in [6, 6.07) is 3.48. The number of hydrogen-bond acceptors (Lipinski definition) is 7. The Morgan fingerprint density at radius 3 is 1.75 bits per heavy atom. The Hall–Kier alpha value is -1.46. The topological polar surface area (TPSA) is 121 Å². The lowest BCUT2D eigenvalue weighted by Gasteiger charge is -2.35. The highest BCUT2D eigenvalue weighted by molar-refractivity contribution is 9.10. The highest BCUT2D eigenvalue weighted by Gasteiger charge is 2.41. The summed E-state index contributed by atoms with van der Waals surface area (Å²) >= 11 is 3.24. The molecule has 2 aliphatic rings. The van der Waals surface area contributed by atoms with Crippen molar-refractivity contribution in [1.29, 1.82) is 0 Å². The number of halogens is 1. The number of aromatic nitrogens is 4. The number of rotatable bonds is 2. The molecule has 0 atom stereocenters. The van der Waals surface area contributed by atoms with E-state index in [1.807, 2.05) is 6.07 Å². The molecular formula is C14H20BrN5O4. The zero-order chi connectivity index (χ0) is 17.5. The molecule has 4 heterocycles. The standard InChI is InChI=1S/C7H9BrN2O2.C7H11N3O2/c2*1-10-5(2-6(8)9-10)7(11)3-12-4-7/h2,11H,3-4H2,1H3;2,11H,3-4H2,1H3,(H2,8,9). The number of anilines is 1. The number of nitrogens with zero attached hydrogens (tertiary/aromatic N) is 4. The summed E-state index contributed by atoms with van der Waals surface area (Å²) in [6.45, 7) is 1.37. The third-order valence-corrected chi connectivity index (χ3v) is 4.45. The van der Waals surface area contributed by atoms with Crippen LogP contribution >= 0.6 is 15.9 Å². The molecule has 0 unspecified atom stereocenters. The molecule has 9 nitrogen and oxygen atoms in total. The second kappa shape index (κ2) is 6.12. The number of ether oxygens (including phenoxy) is 2. The van der Waals surface area contributed by atoms with E-state index in [2.05, 4.69) is 26.1 Å². The molecule has 132 valence electrons. The molecule has 2 aliphatic heterocycles. The van der Waals surface area contributed by atoms with Crippen molar-refractivity contribution >= 4 is 21.7 Å². The van der Waals surface area contributed by atoms with E-state index < -0.39 is 11.2 Å². The van der Waals surface area contributed by atoms with Gasteiger partial charge in [0.05, 0.1) is 37.8 Å². The Balaban J connectivity index is 0.000000141. The fourth-order valence-corrected chi connectivity index (χ4v) is 3.13. The summed E-state index contributed by atoms with van der Waals surface area (Å²) in [5.74, 6) is 0.424. The van der Waals surface area contributed by atoms with Gasteiger partial charge in [-0.15, -0.1) is 0 Å². The lowest BCUT2D eigenvalue weighted by molar-refractivity contribution is -0.188. The first-order chi connectivity index (χ1) is 11.2. The summed E-state index contributed by atoms with van der Waals surface area (Å²) in [6.07, 6.45) is 0. The van der Waals surface area contributed by atoms with Gasteiger partial charge in [-0.05, 0) is 22.0 Å². The molecule has 24 heavy (non-hydrogen) atoms. The minimum atomic E-state index is -0.876. The van der Waals surface area contributed by atoms with Crippen LogP contribution in [0.4, 0.5) is 5.82 Å². The van der Waals surface area contributed by atoms with Gasteiger partial charge in [0.1, 0.15) is 10.4 Å². The largest absolute Gasteiger partial charge is 0.382 e. The first kappa shape index (κ1) is 17.4. The maximum atomic E-state index is 9.87. The number of aliphatic hydroxyl groups is 2.